The molecule has 2 heterocycles. The van der Waals surface area contributed by atoms with Gasteiger partial charge in [0.25, 0.3) is 0 Å². The fourth-order valence-corrected chi connectivity index (χ4v) is 2.52. The summed E-state index contributed by atoms with van der Waals surface area (Å²) in [5.74, 6) is 1.30. The molecule has 2 aromatic heterocycles. The van der Waals surface area contributed by atoms with Crippen LogP contribution in [0, 0.1) is 6.92 Å². The lowest BCUT2D eigenvalue weighted by Gasteiger charge is -2.18. The molecule has 0 aliphatic rings. The molecule has 0 aliphatic carbocycles. The molecule has 0 amide bonds. The summed E-state index contributed by atoms with van der Waals surface area (Å²) in [6.45, 7) is 4.84. The Kier molecular flexibility index (Phi) is 7.88. The van der Waals surface area contributed by atoms with Gasteiger partial charge in [-0.05, 0) is 38.8 Å². The summed E-state index contributed by atoms with van der Waals surface area (Å²) in [5, 5.41) is 3.86. The Bertz CT molecular complexity index is 630. The van der Waals surface area contributed by atoms with Crippen molar-refractivity contribution in [2.24, 2.45) is 0 Å². The van der Waals surface area contributed by atoms with E-state index in [1.54, 1.807) is 13.1 Å². The number of ether oxygens (including phenoxy) is 1. The van der Waals surface area contributed by atoms with Crippen LogP contribution in [0.25, 0.3) is 0 Å². The second-order valence-corrected chi connectivity index (χ2v) is 5.79. The number of unbranched alkanes of at least 4 members (excludes halogenated alkanes) is 4. The minimum Gasteiger partial charge on any atom is -0.466 e. The predicted molar refractivity (Wildman–Crippen MR) is 94.6 cm³/mol. The first kappa shape index (κ1) is 18.9. The molecule has 0 bridgehead atoms. The van der Waals surface area contributed by atoms with Gasteiger partial charge in [-0.1, -0.05) is 30.5 Å². The summed E-state index contributed by atoms with van der Waals surface area (Å²) in [4.78, 5) is 21.9. The van der Waals surface area contributed by atoms with Crippen LogP contribution >= 0.6 is 0 Å². The minimum atomic E-state index is -0.101. The SMILES string of the molecule is CCOC(=O)CCCCCCCN(c1ccccn1)c1nc(C)no1. The number of esters is 1. The van der Waals surface area contributed by atoms with Crippen molar-refractivity contribution in [3.8, 4) is 0 Å². The molecule has 7 heteroatoms. The van der Waals surface area contributed by atoms with Crippen molar-refractivity contribution in [2.75, 3.05) is 18.1 Å². The zero-order valence-electron chi connectivity index (χ0n) is 15.0. The Morgan fingerprint density at radius 3 is 2.68 bits per heavy atom. The number of carbonyl (C=O) groups is 1. The quantitative estimate of drug-likeness (QED) is 0.452. The average molecular weight is 346 g/mol. The molecule has 0 aromatic carbocycles. The number of carbonyl (C=O) groups excluding carboxylic acids is 1. The molecule has 7 nitrogen and oxygen atoms in total. The number of hydrogen-bond acceptors (Lipinski definition) is 7. The maximum absolute atomic E-state index is 11.3. The van der Waals surface area contributed by atoms with Gasteiger partial charge in [0.1, 0.15) is 5.82 Å². The average Bonchev–Trinajstić information content (AvgIpc) is 3.04. The van der Waals surface area contributed by atoms with Crippen LogP contribution in [0.4, 0.5) is 11.8 Å². The van der Waals surface area contributed by atoms with Gasteiger partial charge in [0.15, 0.2) is 5.82 Å². The molecule has 0 fully saturated rings. The van der Waals surface area contributed by atoms with Crippen molar-refractivity contribution < 1.29 is 14.1 Å². The van der Waals surface area contributed by atoms with E-state index in [0.717, 1.165) is 44.5 Å². The van der Waals surface area contributed by atoms with Gasteiger partial charge in [-0.25, -0.2) is 4.98 Å². The van der Waals surface area contributed by atoms with Crippen molar-refractivity contribution >= 4 is 17.8 Å². The zero-order chi connectivity index (χ0) is 17.9. The molecule has 2 rings (SSSR count). The molecule has 0 N–H and O–H groups in total. The number of anilines is 2. The molecule has 25 heavy (non-hydrogen) atoms. The lowest BCUT2D eigenvalue weighted by molar-refractivity contribution is -0.143. The van der Waals surface area contributed by atoms with E-state index in [0.29, 0.717) is 24.9 Å². The molecular weight excluding hydrogens is 320 g/mol. The first-order chi connectivity index (χ1) is 12.2. The van der Waals surface area contributed by atoms with E-state index >= 15 is 0 Å². The molecular formula is C18H26N4O3. The van der Waals surface area contributed by atoms with Crippen LogP contribution in [0.3, 0.4) is 0 Å². The third kappa shape index (κ3) is 6.52. The van der Waals surface area contributed by atoms with Crippen LogP contribution in [0.2, 0.25) is 0 Å². The van der Waals surface area contributed by atoms with Crippen molar-refractivity contribution in [3.63, 3.8) is 0 Å². The summed E-state index contributed by atoms with van der Waals surface area (Å²) < 4.78 is 10.2. The largest absolute Gasteiger partial charge is 0.466 e. The zero-order valence-corrected chi connectivity index (χ0v) is 15.0. The van der Waals surface area contributed by atoms with E-state index in [2.05, 4.69) is 15.1 Å². The maximum atomic E-state index is 11.3. The highest BCUT2D eigenvalue weighted by molar-refractivity contribution is 5.69. The summed E-state index contributed by atoms with van der Waals surface area (Å²) >= 11 is 0. The molecule has 0 radical (unpaired) electrons. The fraction of sp³-hybridized carbons (Fsp3) is 0.556. The molecule has 0 unspecified atom stereocenters. The van der Waals surface area contributed by atoms with Gasteiger partial charge in [-0.3, -0.25) is 9.69 Å². The highest BCUT2D eigenvalue weighted by Gasteiger charge is 2.16. The molecule has 0 spiro atoms. The highest BCUT2D eigenvalue weighted by Crippen LogP contribution is 2.22. The number of aromatic nitrogens is 3. The Labute approximate surface area is 148 Å². The third-order valence-corrected chi connectivity index (χ3v) is 3.74. The smallest absolute Gasteiger partial charge is 0.329 e. The topological polar surface area (TPSA) is 81.4 Å². The van der Waals surface area contributed by atoms with Gasteiger partial charge >= 0.3 is 12.0 Å². The summed E-state index contributed by atoms with van der Waals surface area (Å²) in [6.07, 6.45) is 7.30. The lowest BCUT2D eigenvalue weighted by Crippen LogP contribution is -2.20. The van der Waals surface area contributed by atoms with Crippen molar-refractivity contribution in [1.82, 2.24) is 15.1 Å². The highest BCUT2D eigenvalue weighted by atomic mass is 16.5. The number of pyridine rings is 1. The molecule has 0 atom stereocenters. The molecule has 136 valence electrons. The Morgan fingerprint density at radius 2 is 2.00 bits per heavy atom. The Hall–Kier alpha value is -2.44. The Morgan fingerprint density at radius 1 is 1.20 bits per heavy atom. The van der Waals surface area contributed by atoms with Crippen molar-refractivity contribution in [3.05, 3.63) is 30.2 Å². The van der Waals surface area contributed by atoms with E-state index in [4.69, 9.17) is 9.26 Å². The van der Waals surface area contributed by atoms with Crippen LogP contribution in [0.5, 0.6) is 0 Å². The second-order valence-electron chi connectivity index (χ2n) is 5.79. The van der Waals surface area contributed by atoms with Gasteiger partial charge < -0.3 is 9.26 Å². The summed E-state index contributed by atoms with van der Waals surface area (Å²) in [7, 11) is 0. The van der Waals surface area contributed by atoms with Crippen LogP contribution in [0.15, 0.2) is 28.9 Å². The molecule has 0 saturated carbocycles. The van der Waals surface area contributed by atoms with E-state index in [9.17, 15) is 4.79 Å². The number of aryl methyl sites for hydroxylation is 1. The Balaban J connectivity index is 1.75. The van der Waals surface area contributed by atoms with Crippen LogP contribution in [0.1, 0.15) is 51.3 Å². The number of hydrogen-bond donors (Lipinski definition) is 0. The number of nitrogens with zero attached hydrogens (tertiary/aromatic N) is 4. The molecule has 0 aliphatic heterocycles. The van der Waals surface area contributed by atoms with E-state index < -0.39 is 0 Å². The standard InChI is InChI=1S/C18H26N4O3/c1-3-24-17(23)12-7-5-4-6-10-14-22(16-11-8-9-13-19-16)18-20-15(2)21-25-18/h8-9,11,13H,3-7,10,12,14H2,1-2H3. The van der Waals surface area contributed by atoms with Gasteiger partial charge in [0.05, 0.1) is 6.61 Å². The monoisotopic (exact) mass is 346 g/mol. The first-order valence-corrected chi connectivity index (χ1v) is 8.85. The van der Waals surface area contributed by atoms with Gasteiger partial charge in [-0.2, -0.15) is 4.98 Å². The molecule has 2 aromatic rings. The summed E-state index contributed by atoms with van der Waals surface area (Å²) in [6, 6.07) is 6.22. The van der Waals surface area contributed by atoms with Crippen LogP contribution in [-0.2, 0) is 9.53 Å². The second kappa shape index (κ2) is 10.4. The van der Waals surface area contributed by atoms with E-state index in [1.807, 2.05) is 30.0 Å². The van der Waals surface area contributed by atoms with E-state index in [1.165, 1.54) is 0 Å². The number of rotatable bonds is 11. The first-order valence-electron chi connectivity index (χ1n) is 8.85. The van der Waals surface area contributed by atoms with Gasteiger partial charge in [0.2, 0.25) is 0 Å². The minimum absolute atomic E-state index is 0.101. The van der Waals surface area contributed by atoms with Crippen molar-refractivity contribution in [2.45, 2.75) is 52.4 Å². The van der Waals surface area contributed by atoms with Crippen LogP contribution in [-0.4, -0.2) is 34.2 Å². The maximum Gasteiger partial charge on any atom is 0.329 e. The van der Waals surface area contributed by atoms with Gasteiger partial charge in [0, 0.05) is 19.2 Å². The van der Waals surface area contributed by atoms with Gasteiger partial charge in [-0.15, -0.1) is 0 Å². The van der Waals surface area contributed by atoms with Crippen LogP contribution < -0.4 is 4.90 Å². The summed E-state index contributed by atoms with van der Waals surface area (Å²) in [5.41, 5.74) is 0. The fourth-order valence-electron chi connectivity index (χ4n) is 2.52. The third-order valence-electron chi connectivity index (χ3n) is 3.74. The predicted octanol–water partition coefficient (Wildman–Crippen LogP) is 3.81. The normalized spacial score (nSPS) is 10.6. The molecule has 0 saturated heterocycles. The van der Waals surface area contributed by atoms with E-state index in [-0.39, 0.29) is 5.97 Å². The van der Waals surface area contributed by atoms with Crippen molar-refractivity contribution in [1.29, 1.82) is 0 Å². The lowest BCUT2D eigenvalue weighted by atomic mass is 10.1.